The van der Waals surface area contributed by atoms with E-state index in [2.05, 4.69) is 21.2 Å². The fourth-order valence-electron chi connectivity index (χ4n) is 1.76. The molecule has 0 saturated heterocycles. The highest BCUT2D eigenvalue weighted by molar-refractivity contribution is 9.10. The van der Waals surface area contributed by atoms with Crippen LogP contribution >= 0.6 is 15.9 Å². The molecule has 2 aromatic rings. The third-order valence-electron chi connectivity index (χ3n) is 2.61. The molecular weight excluding hydrogens is 338 g/mol. The molecule has 0 fully saturated rings. The van der Waals surface area contributed by atoms with Crippen molar-refractivity contribution < 1.29 is 18.7 Å². The molecule has 0 bridgehead atoms. The van der Waals surface area contributed by atoms with E-state index in [1.165, 1.54) is 0 Å². The van der Waals surface area contributed by atoms with Gasteiger partial charge in [0.1, 0.15) is 11.5 Å². The summed E-state index contributed by atoms with van der Waals surface area (Å²) in [7, 11) is 0. The van der Waals surface area contributed by atoms with Crippen molar-refractivity contribution in [1.29, 1.82) is 0 Å². The number of anilines is 1. The summed E-state index contributed by atoms with van der Waals surface area (Å²) in [6.07, 6.45) is 0. The summed E-state index contributed by atoms with van der Waals surface area (Å²) in [6.45, 7) is 4.83. The average molecular weight is 354 g/mol. The Morgan fingerprint density at radius 1 is 1.19 bits per heavy atom. The van der Waals surface area contributed by atoms with Crippen LogP contribution in [-0.2, 0) is 0 Å². The number of benzene rings is 1. The normalized spacial score (nSPS) is 10.2. The molecule has 0 aliphatic heterocycles. The lowest BCUT2D eigenvalue weighted by Gasteiger charge is -2.12. The molecule has 5 nitrogen and oxygen atoms in total. The SMILES string of the molecule is CCOc1ccc(OCC)c(NC(=O)c2ccc(Br)o2)c1. The highest BCUT2D eigenvalue weighted by atomic mass is 79.9. The van der Waals surface area contributed by atoms with Gasteiger partial charge in [-0.25, -0.2) is 0 Å². The minimum atomic E-state index is -0.352. The topological polar surface area (TPSA) is 60.7 Å². The van der Waals surface area contributed by atoms with E-state index in [-0.39, 0.29) is 11.7 Å². The van der Waals surface area contributed by atoms with E-state index in [4.69, 9.17) is 13.9 Å². The van der Waals surface area contributed by atoms with Gasteiger partial charge in [-0.1, -0.05) is 0 Å². The van der Waals surface area contributed by atoms with Crippen molar-refractivity contribution in [3.63, 3.8) is 0 Å². The van der Waals surface area contributed by atoms with Crippen LogP contribution in [0.25, 0.3) is 0 Å². The standard InChI is InChI=1S/C15H16BrNO4/c1-3-19-10-5-6-12(20-4-2)11(9-10)17-15(18)13-7-8-14(16)21-13/h5-9H,3-4H2,1-2H3,(H,17,18). The first-order chi connectivity index (χ1) is 10.1. The van der Waals surface area contributed by atoms with Crippen LogP contribution in [-0.4, -0.2) is 19.1 Å². The first-order valence-electron chi connectivity index (χ1n) is 6.60. The summed E-state index contributed by atoms with van der Waals surface area (Å²) in [6, 6.07) is 8.54. The van der Waals surface area contributed by atoms with Gasteiger partial charge in [-0.2, -0.15) is 0 Å². The Morgan fingerprint density at radius 2 is 1.95 bits per heavy atom. The van der Waals surface area contributed by atoms with E-state index in [0.717, 1.165) is 0 Å². The Hall–Kier alpha value is -1.95. The highest BCUT2D eigenvalue weighted by Crippen LogP contribution is 2.30. The summed E-state index contributed by atoms with van der Waals surface area (Å²) in [4.78, 5) is 12.1. The molecule has 0 spiro atoms. The van der Waals surface area contributed by atoms with Gasteiger partial charge in [-0.05, 0) is 54.0 Å². The van der Waals surface area contributed by atoms with Gasteiger partial charge in [0.15, 0.2) is 10.4 Å². The summed E-state index contributed by atoms with van der Waals surface area (Å²) >= 11 is 3.17. The van der Waals surface area contributed by atoms with Crippen LogP contribution in [0.15, 0.2) is 39.4 Å². The lowest BCUT2D eigenvalue weighted by atomic mass is 10.2. The molecule has 1 aromatic heterocycles. The Balaban J connectivity index is 2.23. The second-order valence-electron chi connectivity index (χ2n) is 4.08. The molecule has 6 heteroatoms. The minimum absolute atomic E-state index is 0.214. The fraction of sp³-hybridized carbons (Fsp3) is 0.267. The predicted molar refractivity (Wildman–Crippen MR) is 83.1 cm³/mol. The van der Waals surface area contributed by atoms with Gasteiger partial charge in [-0.15, -0.1) is 0 Å². The van der Waals surface area contributed by atoms with Gasteiger partial charge < -0.3 is 19.2 Å². The molecule has 0 atom stereocenters. The van der Waals surface area contributed by atoms with Crippen molar-refractivity contribution in [2.24, 2.45) is 0 Å². The average Bonchev–Trinajstić information content (AvgIpc) is 2.89. The Kier molecular flexibility index (Phi) is 5.27. The van der Waals surface area contributed by atoms with Gasteiger partial charge in [-0.3, -0.25) is 4.79 Å². The summed E-state index contributed by atoms with van der Waals surface area (Å²) in [5.41, 5.74) is 0.542. The lowest BCUT2D eigenvalue weighted by molar-refractivity contribution is 0.0995. The van der Waals surface area contributed by atoms with Crippen LogP contribution in [0, 0.1) is 0 Å². The minimum Gasteiger partial charge on any atom is -0.494 e. The van der Waals surface area contributed by atoms with Crippen molar-refractivity contribution in [2.45, 2.75) is 13.8 Å². The molecule has 1 aromatic carbocycles. The Morgan fingerprint density at radius 3 is 2.57 bits per heavy atom. The van der Waals surface area contributed by atoms with Gasteiger partial charge in [0.2, 0.25) is 0 Å². The molecule has 2 rings (SSSR count). The molecule has 112 valence electrons. The Bertz CT molecular complexity index is 624. The summed E-state index contributed by atoms with van der Waals surface area (Å²) in [5, 5.41) is 2.77. The number of amides is 1. The maximum atomic E-state index is 12.1. The molecule has 21 heavy (non-hydrogen) atoms. The van der Waals surface area contributed by atoms with E-state index < -0.39 is 0 Å². The number of halogens is 1. The van der Waals surface area contributed by atoms with E-state index in [1.54, 1.807) is 30.3 Å². The zero-order valence-corrected chi connectivity index (χ0v) is 13.4. The molecule has 1 N–H and O–H groups in total. The van der Waals surface area contributed by atoms with Gasteiger partial charge in [0.05, 0.1) is 18.9 Å². The van der Waals surface area contributed by atoms with E-state index in [9.17, 15) is 4.79 Å². The molecule has 1 heterocycles. The quantitative estimate of drug-likeness (QED) is 0.849. The third kappa shape index (κ3) is 4.01. The molecule has 1 amide bonds. The van der Waals surface area contributed by atoms with Crippen LogP contribution in [0.4, 0.5) is 5.69 Å². The largest absolute Gasteiger partial charge is 0.494 e. The molecular formula is C15H16BrNO4. The second-order valence-corrected chi connectivity index (χ2v) is 4.86. The number of furan rings is 1. The van der Waals surface area contributed by atoms with Gasteiger partial charge >= 0.3 is 0 Å². The van der Waals surface area contributed by atoms with Gasteiger partial charge in [0, 0.05) is 6.07 Å². The van der Waals surface area contributed by atoms with Crippen LogP contribution < -0.4 is 14.8 Å². The maximum Gasteiger partial charge on any atom is 0.291 e. The number of carbonyl (C=O) groups excluding carboxylic acids is 1. The van der Waals surface area contributed by atoms with E-state index in [0.29, 0.717) is 35.1 Å². The molecule has 0 aliphatic rings. The highest BCUT2D eigenvalue weighted by Gasteiger charge is 2.14. The number of carbonyl (C=O) groups is 1. The van der Waals surface area contributed by atoms with Crippen molar-refractivity contribution >= 4 is 27.5 Å². The van der Waals surface area contributed by atoms with E-state index in [1.807, 2.05) is 13.8 Å². The number of rotatable bonds is 6. The predicted octanol–water partition coefficient (Wildman–Crippen LogP) is 4.09. The molecule has 0 radical (unpaired) electrons. The smallest absolute Gasteiger partial charge is 0.291 e. The fourth-order valence-corrected chi connectivity index (χ4v) is 2.07. The third-order valence-corrected chi connectivity index (χ3v) is 3.03. The number of ether oxygens (including phenoxy) is 2. The van der Waals surface area contributed by atoms with Crippen LogP contribution in [0.3, 0.4) is 0 Å². The Labute approximate surface area is 131 Å². The molecule has 0 aliphatic carbocycles. The zero-order chi connectivity index (χ0) is 15.2. The van der Waals surface area contributed by atoms with Crippen LogP contribution in [0.2, 0.25) is 0 Å². The number of nitrogens with one attached hydrogen (secondary N) is 1. The maximum absolute atomic E-state index is 12.1. The van der Waals surface area contributed by atoms with Crippen molar-refractivity contribution in [2.75, 3.05) is 18.5 Å². The van der Waals surface area contributed by atoms with Gasteiger partial charge in [0.25, 0.3) is 5.91 Å². The van der Waals surface area contributed by atoms with E-state index >= 15 is 0 Å². The number of hydrogen-bond acceptors (Lipinski definition) is 4. The van der Waals surface area contributed by atoms with Crippen molar-refractivity contribution in [3.8, 4) is 11.5 Å². The van der Waals surface area contributed by atoms with Crippen LogP contribution in [0.5, 0.6) is 11.5 Å². The number of hydrogen-bond donors (Lipinski definition) is 1. The second kappa shape index (κ2) is 7.17. The van der Waals surface area contributed by atoms with Crippen molar-refractivity contribution in [3.05, 3.63) is 40.8 Å². The molecule has 0 unspecified atom stereocenters. The first-order valence-corrected chi connectivity index (χ1v) is 7.39. The summed E-state index contributed by atoms with van der Waals surface area (Å²) in [5.74, 6) is 1.11. The van der Waals surface area contributed by atoms with Crippen LogP contribution in [0.1, 0.15) is 24.4 Å². The first kappa shape index (κ1) is 15.4. The zero-order valence-electron chi connectivity index (χ0n) is 11.8. The van der Waals surface area contributed by atoms with Crippen molar-refractivity contribution in [1.82, 2.24) is 0 Å². The molecule has 0 saturated carbocycles. The summed E-state index contributed by atoms with van der Waals surface area (Å²) < 4.78 is 16.7. The monoisotopic (exact) mass is 353 g/mol. The lowest BCUT2D eigenvalue weighted by Crippen LogP contribution is -2.12.